The van der Waals surface area contributed by atoms with Gasteiger partial charge < -0.3 is 10.5 Å². The van der Waals surface area contributed by atoms with Crippen molar-refractivity contribution < 1.29 is 4.74 Å². The molecule has 0 spiro atoms. The van der Waals surface area contributed by atoms with Crippen molar-refractivity contribution in [3.63, 3.8) is 0 Å². The molecule has 2 fully saturated rings. The maximum absolute atomic E-state index is 6.32. The fraction of sp³-hybridized carbons (Fsp3) is 0.600. The van der Waals surface area contributed by atoms with Crippen LogP contribution in [0.15, 0.2) is 18.2 Å². The number of hydrogen-bond donors (Lipinski definition) is 1. The molecule has 0 aromatic heterocycles. The lowest BCUT2D eigenvalue weighted by Crippen LogP contribution is -2.30. The maximum atomic E-state index is 6.32. The van der Waals surface area contributed by atoms with Crippen LogP contribution >= 0.6 is 0 Å². The highest BCUT2D eigenvalue weighted by Crippen LogP contribution is 2.62. The molecule has 2 nitrogen and oxygen atoms in total. The molecule has 1 aromatic rings. The van der Waals surface area contributed by atoms with Crippen LogP contribution in [0.5, 0.6) is 0 Å². The van der Waals surface area contributed by atoms with Gasteiger partial charge in [-0.1, -0.05) is 18.2 Å². The molecule has 1 heterocycles. The SMILES string of the molecule is NCc1ccc2c(c1)COC2(C1CC1)C1CC1. The van der Waals surface area contributed by atoms with E-state index in [1.54, 1.807) is 0 Å². The first-order chi connectivity index (χ1) is 8.34. The second-order valence-corrected chi connectivity index (χ2v) is 5.83. The molecule has 2 N–H and O–H groups in total. The highest BCUT2D eigenvalue weighted by Gasteiger charge is 2.59. The Morgan fingerprint density at radius 3 is 2.47 bits per heavy atom. The molecule has 0 radical (unpaired) electrons. The molecule has 0 saturated heterocycles. The monoisotopic (exact) mass is 229 g/mol. The van der Waals surface area contributed by atoms with Crippen LogP contribution in [0.4, 0.5) is 0 Å². The summed E-state index contributed by atoms with van der Waals surface area (Å²) in [6.07, 6.45) is 5.42. The summed E-state index contributed by atoms with van der Waals surface area (Å²) in [5.41, 5.74) is 9.93. The largest absolute Gasteiger partial charge is 0.365 e. The van der Waals surface area contributed by atoms with Gasteiger partial charge in [-0.25, -0.2) is 0 Å². The second kappa shape index (κ2) is 3.33. The Kier molecular flexibility index (Phi) is 1.98. The number of benzene rings is 1. The molecule has 2 saturated carbocycles. The van der Waals surface area contributed by atoms with E-state index >= 15 is 0 Å². The summed E-state index contributed by atoms with van der Waals surface area (Å²) in [6, 6.07) is 6.73. The zero-order chi connectivity index (χ0) is 11.5. The van der Waals surface area contributed by atoms with E-state index in [0.717, 1.165) is 18.4 Å². The Bertz CT molecular complexity index is 448. The molecular weight excluding hydrogens is 210 g/mol. The summed E-state index contributed by atoms with van der Waals surface area (Å²) in [4.78, 5) is 0. The first kappa shape index (κ1) is 10.1. The fourth-order valence-electron chi connectivity index (χ4n) is 3.58. The van der Waals surface area contributed by atoms with Gasteiger partial charge >= 0.3 is 0 Å². The quantitative estimate of drug-likeness (QED) is 0.865. The first-order valence-corrected chi connectivity index (χ1v) is 6.81. The lowest BCUT2D eigenvalue weighted by molar-refractivity contribution is -0.0733. The number of hydrogen-bond acceptors (Lipinski definition) is 2. The molecule has 1 aliphatic heterocycles. The highest BCUT2D eigenvalue weighted by molar-refractivity contribution is 5.41. The Morgan fingerprint density at radius 2 is 1.88 bits per heavy atom. The molecule has 4 rings (SSSR count). The zero-order valence-corrected chi connectivity index (χ0v) is 10.1. The highest BCUT2D eigenvalue weighted by atomic mass is 16.5. The third-order valence-corrected chi connectivity index (χ3v) is 4.66. The molecule has 90 valence electrons. The summed E-state index contributed by atoms with van der Waals surface area (Å²) in [5, 5.41) is 0. The Labute approximate surface area is 102 Å². The third kappa shape index (κ3) is 1.34. The molecule has 3 aliphatic rings. The average molecular weight is 229 g/mol. The van der Waals surface area contributed by atoms with Crippen LogP contribution < -0.4 is 5.73 Å². The van der Waals surface area contributed by atoms with Gasteiger partial charge in [-0.15, -0.1) is 0 Å². The van der Waals surface area contributed by atoms with Crippen LogP contribution in [-0.2, 0) is 23.5 Å². The van der Waals surface area contributed by atoms with Crippen molar-refractivity contribution in [1.29, 1.82) is 0 Å². The molecule has 2 heteroatoms. The van der Waals surface area contributed by atoms with Crippen LogP contribution in [0.2, 0.25) is 0 Å². The molecule has 0 unspecified atom stereocenters. The normalized spacial score (nSPS) is 25.9. The van der Waals surface area contributed by atoms with Crippen molar-refractivity contribution in [2.24, 2.45) is 17.6 Å². The van der Waals surface area contributed by atoms with Gasteiger partial charge in [-0.2, -0.15) is 0 Å². The predicted molar refractivity (Wildman–Crippen MR) is 66.2 cm³/mol. The molecule has 0 amide bonds. The van der Waals surface area contributed by atoms with E-state index in [1.807, 2.05) is 0 Å². The van der Waals surface area contributed by atoms with Crippen molar-refractivity contribution in [2.75, 3.05) is 0 Å². The number of ether oxygens (including phenoxy) is 1. The molecule has 2 aliphatic carbocycles. The van der Waals surface area contributed by atoms with Crippen LogP contribution in [0.25, 0.3) is 0 Å². The van der Waals surface area contributed by atoms with Crippen molar-refractivity contribution in [1.82, 2.24) is 0 Å². The molecular formula is C15H19NO. The van der Waals surface area contributed by atoms with Crippen LogP contribution in [-0.4, -0.2) is 0 Å². The minimum absolute atomic E-state index is 0.0997. The van der Waals surface area contributed by atoms with E-state index in [-0.39, 0.29) is 5.60 Å². The van der Waals surface area contributed by atoms with E-state index in [9.17, 15) is 0 Å². The van der Waals surface area contributed by atoms with E-state index < -0.39 is 0 Å². The number of nitrogens with two attached hydrogens (primary N) is 1. The van der Waals surface area contributed by atoms with Gasteiger partial charge in [0.05, 0.1) is 12.2 Å². The summed E-state index contributed by atoms with van der Waals surface area (Å²) in [5.74, 6) is 1.58. The first-order valence-electron chi connectivity index (χ1n) is 6.81. The van der Waals surface area contributed by atoms with E-state index in [0.29, 0.717) is 6.54 Å². The summed E-state index contributed by atoms with van der Waals surface area (Å²) >= 11 is 0. The van der Waals surface area contributed by atoms with Crippen LogP contribution in [0.3, 0.4) is 0 Å². The summed E-state index contributed by atoms with van der Waals surface area (Å²) < 4.78 is 6.32. The van der Waals surface area contributed by atoms with E-state index in [4.69, 9.17) is 10.5 Å². The van der Waals surface area contributed by atoms with Gasteiger partial charge in [-0.3, -0.25) is 0 Å². The molecule has 1 aromatic carbocycles. The smallest absolute Gasteiger partial charge is 0.0995 e. The van der Waals surface area contributed by atoms with Gasteiger partial charge in [0.2, 0.25) is 0 Å². The van der Waals surface area contributed by atoms with Gasteiger partial charge in [-0.05, 0) is 54.2 Å². The molecule has 0 atom stereocenters. The molecule has 0 bridgehead atoms. The number of rotatable bonds is 3. The van der Waals surface area contributed by atoms with Gasteiger partial charge in [0.1, 0.15) is 0 Å². The van der Waals surface area contributed by atoms with Crippen LogP contribution in [0.1, 0.15) is 42.4 Å². The fourth-order valence-corrected chi connectivity index (χ4v) is 3.58. The van der Waals surface area contributed by atoms with Crippen molar-refractivity contribution in [2.45, 2.75) is 44.4 Å². The van der Waals surface area contributed by atoms with Crippen molar-refractivity contribution in [3.8, 4) is 0 Å². The lowest BCUT2D eigenvalue weighted by atomic mass is 9.83. The van der Waals surface area contributed by atoms with Crippen LogP contribution in [0, 0.1) is 11.8 Å². The third-order valence-electron chi connectivity index (χ3n) is 4.66. The van der Waals surface area contributed by atoms with E-state index in [2.05, 4.69) is 18.2 Å². The Balaban J connectivity index is 1.81. The summed E-state index contributed by atoms with van der Waals surface area (Å²) in [7, 11) is 0. The molecule has 17 heavy (non-hydrogen) atoms. The number of fused-ring (bicyclic) bond motifs is 1. The minimum atomic E-state index is 0.0997. The second-order valence-electron chi connectivity index (χ2n) is 5.83. The van der Waals surface area contributed by atoms with Gasteiger partial charge in [0, 0.05) is 6.54 Å². The Morgan fingerprint density at radius 1 is 1.18 bits per heavy atom. The average Bonchev–Trinajstić information content (AvgIpc) is 3.25. The predicted octanol–water partition coefficient (Wildman–Crippen LogP) is 2.69. The summed E-state index contributed by atoms with van der Waals surface area (Å²) in [6.45, 7) is 1.43. The maximum Gasteiger partial charge on any atom is 0.0995 e. The standard InChI is InChI=1S/C15H19NO/c16-8-10-1-6-14-11(7-10)9-17-15(14,12-2-3-12)13-4-5-13/h1,6-7,12-13H,2-5,8-9,16H2. The van der Waals surface area contributed by atoms with Gasteiger partial charge in [0.25, 0.3) is 0 Å². The van der Waals surface area contributed by atoms with Crippen molar-refractivity contribution >= 4 is 0 Å². The zero-order valence-electron chi connectivity index (χ0n) is 10.1. The van der Waals surface area contributed by atoms with Crippen molar-refractivity contribution in [3.05, 3.63) is 34.9 Å². The minimum Gasteiger partial charge on any atom is -0.365 e. The Hall–Kier alpha value is -0.860. The topological polar surface area (TPSA) is 35.2 Å². The van der Waals surface area contributed by atoms with E-state index in [1.165, 1.54) is 42.4 Å². The van der Waals surface area contributed by atoms with Gasteiger partial charge in [0.15, 0.2) is 0 Å². The lowest BCUT2D eigenvalue weighted by Gasteiger charge is -2.30.